The lowest BCUT2D eigenvalue weighted by Crippen LogP contribution is -2.35. The molecule has 158 valence electrons. The Hall–Kier alpha value is -2.79. The molecule has 1 aliphatic heterocycles. The van der Waals surface area contributed by atoms with E-state index in [-0.39, 0.29) is 17.7 Å². The molecular weight excluding hydrogens is 374 g/mol. The lowest BCUT2D eigenvalue weighted by molar-refractivity contribution is 0.0948. The number of carbonyl (C=O) groups is 1. The molecule has 1 amide bonds. The van der Waals surface area contributed by atoms with Gasteiger partial charge in [-0.05, 0) is 66.9 Å². The smallest absolute Gasteiger partial charge is 0.251 e. The van der Waals surface area contributed by atoms with Gasteiger partial charge >= 0.3 is 0 Å². The second-order valence-electron chi connectivity index (χ2n) is 8.15. The summed E-state index contributed by atoms with van der Waals surface area (Å²) in [6.07, 6.45) is 5.53. The number of nitrogens with one attached hydrogen (secondary N) is 2. The van der Waals surface area contributed by atoms with Gasteiger partial charge in [-0.25, -0.2) is 0 Å². The molecule has 0 bridgehead atoms. The highest BCUT2D eigenvalue weighted by Crippen LogP contribution is 2.50. The average molecular weight is 406 g/mol. The van der Waals surface area contributed by atoms with Crippen LogP contribution in [0.2, 0.25) is 0 Å². The third-order valence-electron chi connectivity index (χ3n) is 6.49. The van der Waals surface area contributed by atoms with Crippen molar-refractivity contribution in [3.05, 3.63) is 71.3 Å². The summed E-state index contributed by atoms with van der Waals surface area (Å²) in [4.78, 5) is 15.0. The van der Waals surface area contributed by atoms with Gasteiger partial charge < -0.3 is 20.6 Å². The van der Waals surface area contributed by atoms with E-state index in [2.05, 4.69) is 47.6 Å². The van der Waals surface area contributed by atoms with E-state index in [9.17, 15) is 9.90 Å². The SMILES string of the molecule is CCN(CC)CCNC(=O)c1ccc2c(c1)C1C=CCC1C(c1ccc(O)cc1)N2. The Balaban J connectivity index is 1.51. The maximum Gasteiger partial charge on any atom is 0.251 e. The molecule has 0 aromatic heterocycles. The van der Waals surface area contributed by atoms with Crippen LogP contribution >= 0.6 is 0 Å². The van der Waals surface area contributed by atoms with Crippen molar-refractivity contribution in [3.63, 3.8) is 0 Å². The summed E-state index contributed by atoms with van der Waals surface area (Å²) < 4.78 is 0. The van der Waals surface area contributed by atoms with Crippen LogP contribution < -0.4 is 10.6 Å². The van der Waals surface area contributed by atoms with Crippen LogP contribution in [0.25, 0.3) is 0 Å². The Morgan fingerprint density at radius 1 is 1.17 bits per heavy atom. The lowest BCUT2D eigenvalue weighted by Gasteiger charge is -2.37. The third kappa shape index (κ3) is 4.08. The van der Waals surface area contributed by atoms with Gasteiger partial charge in [0, 0.05) is 30.3 Å². The highest BCUT2D eigenvalue weighted by atomic mass is 16.3. The fraction of sp³-hybridized carbons (Fsp3) is 0.400. The number of fused-ring (bicyclic) bond motifs is 3. The lowest BCUT2D eigenvalue weighted by atomic mass is 9.76. The van der Waals surface area contributed by atoms with Gasteiger partial charge in [0.05, 0.1) is 6.04 Å². The Kier molecular flexibility index (Phi) is 6.09. The molecule has 3 unspecified atom stereocenters. The number of phenolic OH excluding ortho intramolecular Hbond substituents is 1. The van der Waals surface area contributed by atoms with Crippen molar-refractivity contribution in [2.75, 3.05) is 31.5 Å². The number of anilines is 1. The second kappa shape index (κ2) is 8.92. The average Bonchev–Trinajstić information content (AvgIpc) is 3.27. The predicted molar refractivity (Wildman–Crippen MR) is 121 cm³/mol. The Bertz CT molecular complexity index is 918. The number of rotatable bonds is 7. The van der Waals surface area contributed by atoms with Crippen LogP contribution in [-0.2, 0) is 0 Å². The summed E-state index contributed by atoms with van der Waals surface area (Å²) in [7, 11) is 0. The van der Waals surface area contributed by atoms with E-state index in [0.717, 1.165) is 37.3 Å². The topological polar surface area (TPSA) is 64.6 Å². The van der Waals surface area contributed by atoms with Crippen molar-refractivity contribution in [2.24, 2.45) is 5.92 Å². The quantitative estimate of drug-likeness (QED) is 0.601. The summed E-state index contributed by atoms with van der Waals surface area (Å²) in [5.74, 6) is 0.975. The molecule has 2 aromatic carbocycles. The normalized spacial score (nSPS) is 21.8. The van der Waals surface area contributed by atoms with Crippen molar-refractivity contribution < 1.29 is 9.90 Å². The number of phenols is 1. The van der Waals surface area contributed by atoms with Crippen LogP contribution in [0.3, 0.4) is 0 Å². The van der Waals surface area contributed by atoms with Crippen LogP contribution in [0, 0.1) is 5.92 Å². The van der Waals surface area contributed by atoms with Gasteiger partial charge in [0.15, 0.2) is 0 Å². The summed E-state index contributed by atoms with van der Waals surface area (Å²) in [6.45, 7) is 7.79. The summed E-state index contributed by atoms with van der Waals surface area (Å²) in [5.41, 5.74) is 4.17. The fourth-order valence-corrected chi connectivity index (χ4v) is 4.72. The number of likely N-dealkylation sites (N-methyl/N-ethyl adjacent to an activating group) is 1. The Morgan fingerprint density at radius 2 is 1.93 bits per heavy atom. The molecule has 0 saturated carbocycles. The molecule has 0 fully saturated rings. The van der Waals surface area contributed by atoms with Gasteiger partial charge in [-0.2, -0.15) is 0 Å². The first-order valence-electron chi connectivity index (χ1n) is 11.0. The van der Waals surface area contributed by atoms with Gasteiger partial charge in [0.1, 0.15) is 5.75 Å². The first-order chi connectivity index (χ1) is 14.6. The molecule has 2 aromatic rings. The van der Waals surface area contributed by atoms with E-state index >= 15 is 0 Å². The van der Waals surface area contributed by atoms with Gasteiger partial charge in [0.2, 0.25) is 0 Å². The first kappa shape index (κ1) is 20.5. The van der Waals surface area contributed by atoms with Crippen LogP contribution in [0.5, 0.6) is 5.75 Å². The molecule has 0 spiro atoms. The molecule has 4 rings (SSSR count). The number of amides is 1. The van der Waals surface area contributed by atoms with E-state index in [0.29, 0.717) is 18.4 Å². The zero-order valence-electron chi connectivity index (χ0n) is 17.8. The van der Waals surface area contributed by atoms with Gasteiger partial charge in [-0.1, -0.05) is 38.1 Å². The van der Waals surface area contributed by atoms with Crippen LogP contribution in [0.15, 0.2) is 54.6 Å². The summed E-state index contributed by atoms with van der Waals surface area (Å²) in [6, 6.07) is 13.7. The highest BCUT2D eigenvalue weighted by Gasteiger charge is 2.38. The minimum atomic E-state index is -0.0101. The number of benzene rings is 2. The zero-order valence-corrected chi connectivity index (χ0v) is 17.8. The Labute approximate surface area is 178 Å². The monoisotopic (exact) mass is 405 g/mol. The van der Waals surface area contributed by atoms with Crippen molar-refractivity contribution in [3.8, 4) is 5.75 Å². The van der Waals surface area contributed by atoms with E-state index in [4.69, 9.17) is 0 Å². The number of hydrogen-bond acceptors (Lipinski definition) is 4. The zero-order chi connectivity index (χ0) is 21.1. The molecule has 3 atom stereocenters. The number of allylic oxidation sites excluding steroid dienone is 2. The van der Waals surface area contributed by atoms with Crippen LogP contribution in [-0.4, -0.2) is 42.1 Å². The van der Waals surface area contributed by atoms with Crippen molar-refractivity contribution >= 4 is 11.6 Å². The molecule has 5 nitrogen and oxygen atoms in total. The first-order valence-corrected chi connectivity index (χ1v) is 11.0. The molecule has 0 radical (unpaired) electrons. The minimum Gasteiger partial charge on any atom is -0.508 e. The highest BCUT2D eigenvalue weighted by molar-refractivity contribution is 5.95. The maximum atomic E-state index is 12.7. The third-order valence-corrected chi connectivity index (χ3v) is 6.49. The molecule has 5 heteroatoms. The molecule has 2 aliphatic rings. The number of carbonyl (C=O) groups excluding carboxylic acids is 1. The van der Waals surface area contributed by atoms with Crippen molar-refractivity contribution in [2.45, 2.75) is 32.2 Å². The molecule has 0 saturated heterocycles. The molecule has 1 aliphatic carbocycles. The maximum absolute atomic E-state index is 12.7. The second-order valence-corrected chi connectivity index (χ2v) is 8.15. The summed E-state index contributed by atoms with van der Waals surface area (Å²) >= 11 is 0. The van der Waals surface area contributed by atoms with Gasteiger partial charge in [-0.3, -0.25) is 4.79 Å². The molecular formula is C25H31N3O2. The molecule has 1 heterocycles. The molecule has 3 N–H and O–H groups in total. The minimum absolute atomic E-state index is 0.0101. The van der Waals surface area contributed by atoms with Crippen LogP contribution in [0.4, 0.5) is 5.69 Å². The number of hydrogen-bond donors (Lipinski definition) is 3. The van der Waals surface area contributed by atoms with E-state index in [1.54, 1.807) is 12.1 Å². The van der Waals surface area contributed by atoms with Crippen molar-refractivity contribution in [1.82, 2.24) is 10.2 Å². The Morgan fingerprint density at radius 3 is 2.67 bits per heavy atom. The van der Waals surface area contributed by atoms with E-state index in [1.807, 2.05) is 24.3 Å². The van der Waals surface area contributed by atoms with Gasteiger partial charge in [0.25, 0.3) is 5.91 Å². The number of nitrogens with zero attached hydrogens (tertiary/aromatic N) is 1. The van der Waals surface area contributed by atoms with Gasteiger partial charge in [-0.15, -0.1) is 0 Å². The largest absolute Gasteiger partial charge is 0.508 e. The predicted octanol–water partition coefficient (Wildman–Crippen LogP) is 4.29. The van der Waals surface area contributed by atoms with E-state index < -0.39 is 0 Å². The fourth-order valence-electron chi connectivity index (χ4n) is 4.72. The standard InChI is InChI=1S/C25H31N3O2/c1-3-28(4-2)15-14-26-25(30)18-10-13-23-22(16-18)20-6-5-7-21(20)24(27-23)17-8-11-19(29)12-9-17/h5-6,8-13,16,20-21,24,27,29H,3-4,7,14-15H2,1-2H3,(H,26,30). The van der Waals surface area contributed by atoms with Crippen LogP contribution in [0.1, 0.15) is 53.7 Å². The number of aromatic hydroxyl groups is 1. The van der Waals surface area contributed by atoms with E-state index in [1.165, 1.54) is 11.1 Å². The van der Waals surface area contributed by atoms with Crippen molar-refractivity contribution in [1.29, 1.82) is 0 Å². The summed E-state index contributed by atoms with van der Waals surface area (Å²) in [5, 5.41) is 16.4. The molecule has 30 heavy (non-hydrogen) atoms.